The van der Waals surface area contributed by atoms with Gasteiger partial charge in [0.1, 0.15) is 11.5 Å². The van der Waals surface area contributed by atoms with Crippen LogP contribution in [0.25, 0.3) is 11.1 Å². The van der Waals surface area contributed by atoms with Gasteiger partial charge in [0, 0.05) is 0 Å². The summed E-state index contributed by atoms with van der Waals surface area (Å²) in [6, 6.07) is 18.6. The lowest BCUT2D eigenvalue weighted by molar-refractivity contribution is -0.153. The zero-order chi connectivity index (χ0) is 31.7. The molecule has 0 aliphatic carbocycles. The minimum Gasteiger partial charge on any atom is -0.492 e. The highest BCUT2D eigenvalue weighted by molar-refractivity contribution is 6.32. The molecule has 0 bridgehead atoms. The minimum atomic E-state index is -1.03. The summed E-state index contributed by atoms with van der Waals surface area (Å²) in [4.78, 5) is 36.9. The Morgan fingerprint density at radius 1 is 0.682 bits per heavy atom. The van der Waals surface area contributed by atoms with Crippen molar-refractivity contribution in [2.24, 2.45) is 0 Å². The minimum absolute atomic E-state index is 0.215. The van der Waals surface area contributed by atoms with Gasteiger partial charge in [-0.25, -0.2) is 14.4 Å². The lowest BCUT2D eigenvalue weighted by Gasteiger charge is -2.12. The van der Waals surface area contributed by atoms with E-state index in [1.807, 2.05) is 37.3 Å². The summed E-state index contributed by atoms with van der Waals surface area (Å²) in [6.07, 6.45) is 9.60. The second kappa shape index (κ2) is 18.7. The molecule has 0 aromatic heterocycles. The van der Waals surface area contributed by atoms with Gasteiger partial charge in [-0.05, 0) is 79.4 Å². The van der Waals surface area contributed by atoms with Crippen molar-refractivity contribution >= 4 is 29.5 Å². The molecule has 0 radical (unpaired) electrons. The fraction of sp³-hybridized carbons (Fsp3) is 0.417. The van der Waals surface area contributed by atoms with Crippen LogP contribution in [0.2, 0.25) is 5.02 Å². The maximum Gasteiger partial charge on any atom is 0.347 e. The smallest absolute Gasteiger partial charge is 0.347 e. The number of hydrogen-bond donors (Lipinski definition) is 0. The quantitative estimate of drug-likeness (QED) is 0.0793. The molecule has 0 heterocycles. The summed E-state index contributed by atoms with van der Waals surface area (Å²) in [6.45, 7) is 6.47. The highest BCUT2D eigenvalue weighted by Gasteiger charge is 2.20. The molecular formula is C36H43ClO7. The van der Waals surface area contributed by atoms with E-state index in [9.17, 15) is 14.4 Å². The van der Waals surface area contributed by atoms with Crippen LogP contribution in [-0.2, 0) is 14.3 Å². The monoisotopic (exact) mass is 622 g/mol. The van der Waals surface area contributed by atoms with Crippen molar-refractivity contribution in [3.63, 3.8) is 0 Å². The lowest BCUT2D eigenvalue weighted by Crippen LogP contribution is -2.26. The predicted octanol–water partition coefficient (Wildman–Crippen LogP) is 9.24. The molecule has 0 saturated carbocycles. The summed E-state index contributed by atoms with van der Waals surface area (Å²) in [5.74, 6) is -0.887. The zero-order valence-corrected chi connectivity index (χ0v) is 26.7. The van der Waals surface area contributed by atoms with Crippen LogP contribution in [0.1, 0.15) is 99.3 Å². The average Bonchev–Trinajstić information content (AvgIpc) is 3.03. The second-order valence-corrected chi connectivity index (χ2v) is 11.1. The van der Waals surface area contributed by atoms with Crippen LogP contribution < -0.4 is 9.47 Å². The van der Waals surface area contributed by atoms with E-state index in [-0.39, 0.29) is 17.9 Å². The fourth-order valence-electron chi connectivity index (χ4n) is 4.44. The molecule has 0 amide bonds. The number of esters is 3. The number of benzene rings is 3. The molecular weight excluding hydrogens is 580 g/mol. The Labute approximate surface area is 265 Å². The van der Waals surface area contributed by atoms with Gasteiger partial charge < -0.3 is 18.9 Å². The SMILES string of the molecule is CCCCCCCCCCOc1ccc(-c2ccc(C(=O)Oc3ccc(C(=O)OC(C)C(=O)OCCC)cc3)cc2)cc1Cl. The Balaban J connectivity index is 1.47. The Hall–Kier alpha value is -3.84. The third kappa shape index (κ3) is 11.3. The van der Waals surface area contributed by atoms with Crippen molar-refractivity contribution in [2.75, 3.05) is 13.2 Å². The fourth-order valence-corrected chi connectivity index (χ4v) is 4.67. The molecule has 3 rings (SSSR count). The van der Waals surface area contributed by atoms with E-state index in [4.69, 9.17) is 30.5 Å². The van der Waals surface area contributed by atoms with Gasteiger partial charge in [0.25, 0.3) is 0 Å². The Bertz CT molecular complexity index is 1340. The molecule has 0 N–H and O–H groups in total. The highest BCUT2D eigenvalue weighted by atomic mass is 35.5. The molecule has 7 nitrogen and oxygen atoms in total. The zero-order valence-electron chi connectivity index (χ0n) is 25.9. The van der Waals surface area contributed by atoms with Gasteiger partial charge in [-0.1, -0.05) is 88.6 Å². The first kappa shape index (κ1) is 34.6. The van der Waals surface area contributed by atoms with Crippen molar-refractivity contribution in [3.8, 4) is 22.6 Å². The number of rotatable bonds is 18. The molecule has 1 atom stereocenters. The van der Waals surface area contributed by atoms with Gasteiger partial charge in [-0.15, -0.1) is 0 Å². The molecule has 8 heteroatoms. The Kier molecular flexibility index (Phi) is 14.8. The number of carbonyl (C=O) groups is 3. The summed E-state index contributed by atoms with van der Waals surface area (Å²) in [5, 5.41) is 0.545. The maximum atomic E-state index is 12.7. The molecule has 236 valence electrons. The molecule has 44 heavy (non-hydrogen) atoms. The molecule has 0 aliphatic rings. The van der Waals surface area contributed by atoms with Crippen molar-refractivity contribution < 1.29 is 33.3 Å². The topological polar surface area (TPSA) is 88.1 Å². The third-order valence-corrected chi connectivity index (χ3v) is 7.30. The summed E-state index contributed by atoms with van der Waals surface area (Å²) in [5.41, 5.74) is 2.39. The molecule has 3 aromatic carbocycles. The Morgan fingerprint density at radius 3 is 1.91 bits per heavy atom. The van der Waals surface area contributed by atoms with E-state index in [1.165, 1.54) is 69.7 Å². The third-order valence-electron chi connectivity index (χ3n) is 7.01. The van der Waals surface area contributed by atoms with Gasteiger partial charge >= 0.3 is 17.9 Å². The van der Waals surface area contributed by atoms with Gasteiger partial charge in [-0.2, -0.15) is 0 Å². The van der Waals surface area contributed by atoms with E-state index < -0.39 is 24.0 Å². The number of unbranched alkanes of at least 4 members (excludes halogenated alkanes) is 7. The van der Waals surface area contributed by atoms with Crippen LogP contribution >= 0.6 is 11.6 Å². The normalized spacial score (nSPS) is 11.5. The van der Waals surface area contributed by atoms with Crippen LogP contribution in [0.3, 0.4) is 0 Å². The average molecular weight is 623 g/mol. The van der Waals surface area contributed by atoms with Crippen LogP contribution in [0.5, 0.6) is 11.5 Å². The molecule has 3 aromatic rings. The van der Waals surface area contributed by atoms with Crippen LogP contribution in [0.15, 0.2) is 66.7 Å². The summed E-state index contributed by atoms with van der Waals surface area (Å²) in [7, 11) is 0. The van der Waals surface area contributed by atoms with Crippen molar-refractivity contribution in [1.82, 2.24) is 0 Å². The Morgan fingerprint density at radius 2 is 1.27 bits per heavy atom. The van der Waals surface area contributed by atoms with Crippen molar-refractivity contribution in [3.05, 3.63) is 82.9 Å². The van der Waals surface area contributed by atoms with Crippen LogP contribution in [0, 0.1) is 0 Å². The van der Waals surface area contributed by atoms with E-state index >= 15 is 0 Å². The lowest BCUT2D eigenvalue weighted by atomic mass is 10.0. The largest absolute Gasteiger partial charge is 0.492 e. The number of halogens is 1. The molecule has 1 unspecified atom stereocenters. The van der Waals surface area contributed by atoms with E-state index in [0.717, 1.165) is 24.0 Å². The first-order chi connectivity index (χ1) is 21.3. The number of carbonyl (C=O) groups excluding carboxylic acids is 3. The van der Waals surface area contributed by atoms with E-state index in [2.05, 4.69) is 6.92 Å². The van der Waals surface area contributed by atoms with Crippen LogP contribution in [-0.4, -0.2) is 37.2 Å². The molecule has 0 aliphatic heterocycles. The first-order valence-electron chi connectivity index (χ1n) is 15.5. The standard InChI is InChI=1S/C36H43ClO7/c1-4-6-7-8-9-10-11-12-24-41-33-22-19-30(25-32(33)37)27-13-15-28(16-14-27)36(40)44-31-20-17-29(18-21-31)35(39)43-26(3)34(38)42-23-5-2/h13-22,25-26H,4-12,23-24H2,1-3H3. The highest BCUT2D eigenvalue weighted by Crippen LogP contribution is 2.31. The maximum absolute atomic E-state index is 12.7. The van der Waals surface area contributed by atoms with Gasteiger partial charge in [0.05, 0.1) is 29.4 Å². The van der Waals surface area contributed by atoms with Gasteiger partial charge in [0.2, 0.25) is 0 Å². The summed E-state index contributed by atoms with van der Waals surface area (Å²) < 4.78 is 21.5. The predicted molar refractivity (Wildman–Crippen MR) is 173 cm³/mol. The van der Waals surface area contributed by atoms with Crippen LogP contribution in [0.4, 0.5) is 0 Å². The molecule has 0 fully saturated rings. The van der Waals surface area contributed by atoms with Gasteiger partial charge in [0.15, 0.2) is 6.10 Å². The molecule has 0 saturated heterocycles. The molecule has 0 spiro atoms. The number of ether oxygens (including phenoxy) is 4. The second-order valence-electron chi connectivity index (χ2n) is 10.7. The first-order valence-corrected chi connectivity index (χ1v) is 15.9. The number of hydrogen-bond acceptors (Lipinski definition) is 7. The van der Waals surface area contributed by atoms with E-state index in [1.54, 1.807) is 12.1 Å². The van der Waals surface area contributed by atoms with Crippen molar-refractivity contribution in [1.29, 1.82) is 0 Å². The van der Waals surface area contributed by atoms with E-state index in [0.29, 0.717) is 29.4 Å². The van der Waals surface area contributed by atoms with Gasteiger partial charge in [-0.3, -0.25) is 0 Å². The van der Waals surface area contributed by atoms with Crippen molar-refractivity contribution in [2.45, 2.75) is 84.7 Å². The summed E-state index contributed by atoms with van der Waals surface area (Å²) >= 11 is 6.50.